The SMILES string of the molecule is C[Si](C)(C)c1ccc(-c2ccc3c(c2)Sc2ccccc2[Si]3(c2ccc(-c3ccc(-n4c5ccccc5c5ccccc54)cc3)cc2)c2ccc3oc4ccccc4c3c2)cc1. The number of fused-ring (bicyclic) bond motifs is 8. The van der Waals surface area contributed by atoms with Crippen molar-refractivity contribution in [2.24, 2.45) is 0 Å². The van der Waals surface area contributed by atoms with Crippen molar-refractivity contribution in [3.05, 3.63) is 206 Å². The molecule has 0 bridgehead atoms. The molecule has 296 valence electrons. The third-order valence-corrected chi connectivity index (χ3v) is 21.6. The highest BCUT2D eigenvalue weighted by Crippen LogP contribution is 2.38. The third kappa shape index (κ3) is 5.76. The Bertz CT molecular complexity index is 3470. The summed E-state index contributed by atoms with van der Waals surface area (Å²) in [5, 5.41) is 12.0. The fourth-order valence-electron chi connectivity index (χ4n) is 10.1. The minimum absolute atomic E-state index is 0.925. The van der Waals surface area contributed by atoms with Crippen LogP contribution >= 0.6 is 11.8 Å². The van der Waals surface area contributed by atoms with Gasteiger partial charge in [0.1, 0.15) is 11.2 Å². The highest BCUT2D eigenvalue weighted by Gasteiger charge is 2.47. The first-order chi connectivity index (χ1) is 30.3. The first-order valence-corrected chi connectivity index (χ1v) is 27.8. The van der Waals surface area contributed by atoms with Crippen LogP contribution in [0.25, 0.3) is 71.7 Å². The molecule has 62 heavy (non-hydrogen) atoms. The first-order valence-electron chi connectivity index (χ1n) is 21.5. The van der Waals surface area contributed by atoms with Crippen LogP contribution in [-0.4, -0.2) is 20.7 Å². The molecular formula is C57H43NOSSi2. The van der Waals surface area contributed by atoms with Crippen LogP contribution in [0.5, 0.6) is 0 Å². The summed E-state index contributed by atoms with van der Waals surface area (Å²) in [4.78, 5) is 2.67. The van der Waals surface area contributed by atoms with E-state index < -0.39 is 16.1 Å². The van der Waals surface area contributed by atoms with Gasteiger partial charge in [-0.3, -0.25) is 0 Å². The third-order valence-electron chi connectivity index (χ3n) is 13.1. The smallest absolute Gasteiger partial charge is 0.181 e. The summed E-state index contributed by atoms with van der Waals surface area (Å²) in [6.45, 7) is 7.25. The second-order valence-electron chi connectivity index (χ2n) is 17.7. The van der Waals surface area contributed by atoms with Gasteiger partial charge in [-0.1, -0.05) is 194 Å². The van der Waals surface area contributed by atoms with E-state index in [9.17, 15) is 0 Å². The largest absolute Gasteiger partial charge is 0.456 e. The molecule has 0 radical (unpaired) electrons. The number of rotatable bonds is 6. The lowest BCUT2D eigenvalue weighted by Crippen LogP contribution is -2.76. The molecular weight excluding hydrogens is 803 g/mol. The lowest BCUT2D eigenvalue weighted by molar-refractivity contribution is 0.669. The highest BCUT2D eigenvalue weighted by atomic mass is 32.2. The molecule has 2 aromatic heterocycles. The van der Waals surface area contributed by atoms with Crippen molar-refractivity contribution in [2.75, 3.05) is 0 Å². The van der Waals surface area contributed by atoms with Gasteiger partial charge < -0.3 is 8.98 Å². The maximum absolute atomic E-state index is 6.42. The maximum atomic E-state index is 6.42. The Morgan fingerprint density at radius 1 is 0.419 bits per heavy atom. The number of hydrogen-bond donors (Lipinski definition) is 0. The summed E-state index contributed by atoms with van der Waals surface area (Å²) in [5.74, 6) is 0. The molecule has 0 aliphatic carbocycles. The number of benzene rings is 9. The molecule has 0 fully saturated rings. The lowest BCUT2D eigenvalue weighted by atomic mass is 10.1. The quantitative estimate of drug-likeness (QED) is 0.155. The molecule has 2 nitrogen and oxygen atoms in total. The van der Waals surface area contributed by atoms with Gasteiger partial charge in [0.15, 0.2) is 8.07 Å². The van der Waals surface area contributed by atoms with Crippen molar-refractivity contribution in [1.82, 2.24) is 4.57 Å². The Morgan fingerprint density at radius 2 is 0.952 bits per heavy atom. The molecule has 0 saturated carbocycles. The Balaban J connectivity index is 1.02. The molecule has 1 aliphatic rings. The highest BCUT2D eigenvalue weighted by molar-refractivity contribution is 8.00. The Kier molecular flexibility index (Phi) is 8.52. The van der Waals surface area contributed by atoms with Gasteiger partial charge in [0.05, 0.1) is 19.1 Å². The second kappa shape index (κ2) is 14.2. The van der Waals surface area contributed by atoms with Crippen molar-refractivity contribution >= 4 is 97.6 Å². The fraction of sp³-hybridized carbons (Fsp3) is 0.0526. The molecule has 1 atom stereocenters. The monoisotopic (exact) mass is 845 g/mol. The Labute approximate surface area is 368 Å². The average Bonchev–Trinajstić information content (AvgIpc) is 3.86. The molecule has 0 saturated heterocycles. The van der Waals surface area contributed by atoms with Gasteiger partial charge in [0.2, 0.25) is 0 Å². The van der Waals surface area contributed by atoms with Crippen molar-refractivity contribution in [3.63, 3.8) is 0 Å². The predicted molar refractivity (Wildman–Crippen MR) is 270 cm³/mol. The van der Waals surface area contributed by atoms with Crippen LogP contribution in [0.4, 0.5) is 0 Å². The van der Waals surface area contributed by atoms with Gasteiger partial charge in [0.25, 0.3) is 0 Å². The van der Waals surface area contributed by atoms with Crippen LogP contribution in [0.1, 0.15) is 0 Å². The summed E-state index contributed by atoms with van der Waals surface area (Å²) < 4.78 is 8.80. The Morgan fingerprint density at radius 3 is 1.66 bits per heavy atom. The molecule has 3 heterocycles. The number of nitrogens with zero attached hydrogens (tertiary/aromatic N) is 1. The van der Waals surface area contributed by atoms with E-state index in [2.05, 4.69) is 230 Å². The first kappa shape index (κ1) is 37.2. The predicted octanol–water partition coefficient (Wildman–Crippen LogP) is 12.4. The van der Waals surface area contributed by atoms with E-state index in [1.54, 1.807) is 0 Å². The zero-order chi connectivity index (χ0) is 41.6. The van der Waals surface area contributed by atoms with Crippen LogP contribution < -0.4 is 25.9 Å². The van der Waals surface area contributed by atoms with E-state index >= 15 is 0 Å². The summed E-state index contributed by atoms with van der Waals surface area (Å²) in [6, 6.07) is 77.4. The maximum Gasteiger partial charge on any atom is 0.181 e. The van der Waals surface area contributed by atoms with Gasteiger partial charge >= 0.3 is 0 Å². The van der Waals surface area contributed by atoms with E-state index in [1.807, 2.05) is 11.8 Å². The van der Waals surface area contributed by atoms with E-state index in [4.69, 9.17) is 4.42 Å². The van der Waals surface area contributed by atoms with Crippen LogP contribution in [0.2, 0.25) is 19.6 Å². The molecule has 12 rings (SSSR count). The zero-order valence-electron chi connectivity index (χ0n) is 34.9. The topological polar surface area (TPSA) is 18.1 Å². The van der Waals surface area contributed by atoms with E-state index in [0.29, 0.717) is 0 Å². The minimum Gasteiger partial charge on any atom is -0.456 e. The van der Waals surface area contributed by atoms with Gasteiger partial charge in [-0.2, -0.15) is 0 Å². The molecule has 11 aromatic rings. The molecule has 0 spiro atoms. The van der Waals surface area contributed by atoms with E-state index in [0.717, 1.165) is 22.2 Å². The minimum atomic E-state index is -2.89. The van der Waals surface area contributed by atoms with Crippen LogP contribution in [0.15, 0.2) is 220 Å². The Hall–Kier alpha value is -6.64. The number of hydrogen-bond acceptors (Lipinski definition) is 2. The van der Waals surface area contributed by atoms with Crippen LogP contribution in [-0.2, 0) is 0 Å². The van der Waals surface area contributed by atoms with Crippen molar-refractivity contribution < 1.29 is 4.42 Å². The summed E-state index contributed by atoms with van der Waals surface area (Å²) in [6.07, 6.45) is 0. The molecule has 9 aromatic carbocycles. The number of para-hydroxylation sites is 3. The molecule has 5 heteroatoms. The van der Waals surface area contributed by atoms with E-state index in [-0.39, 0.29) is 0 Å². The van der Waals surface area contributed by atoms with Crippen molar-refractivity contribution in [3.8, 4) is 27.9 Å². The van der Waals surface area contributed by atoms with Crippen LogP contribution in [0.3, 0.4) is 0 Å². The lowest BCUT2D eigenvalue weighted by Gasteiger charge is -2.40. The second-order valence-corrected chi connectivity index (χ2v) is 27.6. The van der Waals surface area contributed by atoms with Crippen molar-refractivity contribution in [1.29, 1.82) is 0 Å². The van der Waals surface area contributed by atoms with E-state index in [1.165, 1.54) is 85.2 Å². The fourth-order valence-corrected chi connectivity index (χ4v) is 18.2. The summed E-state index contributed by atoms with van der Waals surface area (Å²) >= 11 is 1.92. The van der Waals surface area contributed by atoms with Gasteiger partial charge in [-0.15, -0.1) is 0 Å². The molecule has 1 unspecified atom stereocenters. The normalized spacial score (nSPS) is 15.0. The average molecular weight is 846 g/mol. The number of aromatic nitrogens is 1. The van der Waals surface area contributed by atoms with Gasteiger partial charge in [-0.25, -0.2) is 0 Å². The number of furan rings is 1. The molecule has 0 amide bonds. The summed E-state index contributed by atoms with van der Waals surface area (Å²) in [5.41, 5.74) is 10.4. The van der Waals surface area contributed by atoms with Gasteiger partial charge in [-0.05, 0) is 91.5 Å². The van der Waals surface area contributed by atoms with Gasteiger partial charge in [0, 0.05) is 37.0 Å². The van der Waals surface area contributed by atoms with Crippen LogP contribution in [0, 0.1) is 0 Å². The summed E-state index contributed by atoms with van der Waals surface area (Å²) in [7, 11) is -4.30. The molecule has 1 aliphatic heterocycles. The van der Waals surface area contributed by atoms with Crippen molar-refractivity contribution in [2.45, 2.75) is 29.4 Å². The standard InChI is InChI=1S/C57H43NOSSi2/c1-61(2,3)43-29-22-40(23-30-43)41-26-35-57-55(36-41)60-54-18-10-11-19-56(54)62(57,45-33-34-53-49(37-45)48-14-6-9-17-52(48)59-53)44-31-24-39(25-32-44)38-20-27-42(28-21-38)58-50-15-7-4-12-46(50)47-13-5-8-16-51(47)58/h4-37H,1-3H3. The molecule has 0 N–H and O–H groups in total. The zero-order valence-corrected chi connectivity index (χ0v) is 37.7.